The highest BCUT2D eigenvalue weighted by atomic mass is 127. The summed E-state index contributed by atoms with van der Waals surface area (Å²) in [6, 6.07) is 4.55. The molecule has 3 atom stereocenters. The van der Waals surface area contributed by atoms with Gasteiger partial charge in [-0.25, -0.2) is 9.78 Å². The van der Waals surface area contributed by atoms with E-state index in [1.165, 1.54) is 0 Å². The molecular weight excluding hydrogens is 405 g/mol. The average molecular weight is 429 g/mol. The number of anilines is 1. The Morgan fingerprint density at radius 1 is 1.30 bits per heavy atom. The van der Waals surface area contributed by atoms with Crippen LogP contribution in [0.15, 0.2) is 18.3 Å². The van der Waals surface area contributed by atoms with Gasteiger partial charge in [-0.05, 0) is 80.2 Å². The van der Waals surface area contributed by atoms with E-state index in [1.807, 2.05) is 37.9 Å². The van der Waals surface area contributed by atoms with Crippen molar-refractivity contribution in [3.05, 3.63) is 21.9 Å². The molecule has 1 saturated heterocycles. The summed E-state index contributed by atoms with van der Waals surface area (Å²) in [5, 5.41) is 3.53. The van der Waals surface area contributed by atoms with Crippen LogP contribution in [0.25, 0.3) is 0 Å². The van der Waals surface area contributed by atoms with Gasteiger partial charge in [0.25, 0.3) is 0 Å². The zero-order valence-electron chi connectivity index (χ0n) is 13.9. The number of likely N-dealkylation sites (tertiary alicyclic amines) is 1. The molecule has 1 aliphatic heterocycles. The highest BCUT2D eigenvalue weighted by Crippen LogP contribution is 2.39. The van der Waals surface area contributed by atoms with Crippen molar-refractivity contribution in [1.82, 2.24) is 9.88 Å². The maximum absolute atomic E-state index is 12.2. The van der Waals surface area contributed by atoms with Crippen LogP contribution >= 0.6 is 22.6 Å². The Morgan fingerprint density at radius 3 is 2.48 bits per heavy atom. The predicted molar refractivity (Wildman–Crippen MR) is 98.4 cm³/mol. The minimum absolute atomic E-state index is 0.171. The maximum Gasteiger partial charge on any atom is 0.410 e. The monoisotopic (exact) mass is 429 g/mol. The van der Waals surface area contributed by atoms with Gasteiger partial charge in [0.05, 0.1) is 0 Å². The van der Waals surface area contributed by atoms with Crippen molar-refractivity contribution in [3.63, 3.8) is 0 Å². The Balaban J connectivity index is 1.51. The molecule has 1 saturated carbocycles. The topological polar surface area (TPSA) is 54.5 Å². The van der Waals surface area contributed by atoms with Crippen LogP contribution < -0.4 is 5.32 Å². The van der Waals surface area contributed by atoms with Crippen molar-refractivity contribution in [2.45, 2.75) is 45.3 Å². The van der Waals surface area contributed by atoms with Crippen molar-refractivity contribution in [3.8, 4) is 0 Å². The van der Waals surface area contributed by atoms with E-state index in [9.17, 15) is 4.79 Å². The predicted octanol–water partition coefficient (Wildman–Crippen LogP) is 3.74. The van der Waals surface area contributed by atoms with Crippen LogP contribution in [0.4, 0.5) is 10.6 Å². The first-order valence-electron chi connectivity index (χ1n) is 8.16. The zero-order valence-corrected chi connectivity index (χ0v) is 16.0. The van der Waals surface area contributed by atoms with Gasteiger partial charge in [0.1, 0.15) is 11.4 Å². The molecule has 1 aliphatic carbocycles. The lowest BCUT2D eigenvalue weighted by atomic mass is 10.0. The molecule has 2 aliphatic rings. The summed E-state index contributed by atoms with van der Waals surface area (Å²) in [6.45, 7) is 7.37. The fraction of sp³-hybridized carbons (Fsp3) is 0.647. The van der Waals surface area contributed by atoms with Crippen LogP contribution in [0.1, 0.15) is 33.6 Å². The van der Waals surface area contributed by atoms with E-state index in [-0.39, 0.29) is 6.09 Å². The van der Waals surface area contributed by atoms with Crippen LogP contribution in [0, 0.1) is 15.4 Å². The first-order chi connectivity index (χ1) is 10.8. The van der Waals surface area contributed by atoms with Gasteiger partial charge < -0.3 is 15.0 Å². The number of fused-ring (bicyclic) bond motifs is 1. The first kappa shape index (κ1) is 16.8. The lowest BCUT2D eigenvalue weighted by Gasteiger charge is -2.25. The average Bonchev–Trinajstić information content (AvgIpc) is 2.97. The summed E-state index contributed by atoms with van der Waals surface area (Å²) in [7, 11) is 0. The summed E-state index contributed by atoms with van der Waals surface area (Å²) < 4.78 is 6.62. The maximum atomic E-state index is 12.2. The number of aromatic nitrogens is 1. The summed E-state index contributed by atoms with van der Waals surface area (Å²) in [6.07, 6.45) is 3.90. The highest BCUT2D eigenvalue weighted by molar-refractivity contribution is 14.1. The molecule has 0 spiro atoms. The second-order valence-corrected chi connectivity index (χ2v) is 8.83. The molecule has 0 radical (unpaired) electrons. The molecule has 1 aromatic heterocycles. The second kappa shape index (κ2) is 6.45. The lowest BCUT2D eigenvalue weighted by molar-refractivity contribution is 0.0280. The Hall–Kier alpha value is -1.05. The molecule has 1 N–H and O–H groups in total. The van der Waals surface area contributed by atoms with Crippen LogP contribution in [0.2, 0.25) is 0 Å². The molecule has 23 heavy (non-hydrogen) atoms. The first-order valence-corrected chi connectivity index (χ1v) is 9.24. The van der Waals surface area contributed by atoms with E-state index in [0.717, 1.165) is 35.3 Å². The van der Waals surface area contributed by atoms with E-state index in [2.05, 4.69) is 39.0 Å². The Morgan fingerprint density at radius 2 is 1.96 bits per heavy atom. The molecule has 2 heterocycles. The molecule has 6 heteroatoms. The molecule has 1 amide bonds. The number of carbonyl (C=O) groups is 1. The van der Waals surface area contributed by atoms with Crippen molar-refractivity contribution >= 4 is 34.5 Å². The number of nitrogens with zero attached hydrogens (tertiary/aromatic N) is 2. The molecule has 126 valence electrons. The van der Waals surface area contributed by atoms with Gasteiger partial charge in [-0.15, -0.1) is 0 Å². The van der Waals surface area contributed by atoms with Crippen LogP contribution in [0.5, 0.6) is 0 Å². The van der Waals surface area contributed by atoms with E-state index in [1.54, 1.807) is 0 Å². The SMILES string of the molecule is CC(C)(C)OC(=O)N1C[C@H]2C[C@H](Nc3ccc(I)cn3)C[C@H]2C1. The van der Waals surface area contributed by atoms with Crippen LogP contribution in [0.3, 0.4) is 0 Å². The van der Waals surface area contributed by atoms with E-state index in [0.29, 0.717) is 17.9 Å². The quantitative estimate of drug-likeness (QED) is 0.728. The third-order valence-electron chi connectivity index (χ3n) is 4.48. The Bertz CT molecular complexity index is 556. The zero-order chi connectivity index (χ0) is 16.6. The summed E-state index contributed by atoms with van der Waals surface area (Å²) >= 11 is 2.26. The lowest BCUT2D eigenvalue weighted by Crippen LogP contribution is -2.36. The number of halogens is 1. The van der Waals surface area contributed by atoms with E-state index >= 15 is 0 Å². The van der Waals surface area contributed by atoms with Gasteiger partial charge in [0, 0.05) is 28.9 Å². The van der Waals surface area contributed by atoms with Crippen molar-refractivity contribution < 1.29 is 9.53 Å². The number of hydrogen-bond acceptors (Lipinski definition) is 4. The van der Waals surface area contributed by atoms with E-state index in [4.69, 9.17) is 4.74 Å². The second-order valence-electron chi connectivity index (χ2n) is 7.58. The molecule has 3 rings (SSSR count). The Kier molecular flexibility index (Phi) is 4.71. The number of rotatable bonds is 2. The van der Waals surface area contributed by atoms with Gasteiger partial charge in [-0.3, -0.25) is 0 Å². The van der Waals surface area contributed by atoms with Crippen molar-refractivity contribution in [1.29, 1.82) is 0 Å². The number of amides is 1. The smallest absolute Gasteiger partial charge is 0.410 e. The third-order valence-corrected chi connectivity index (χ3v) is 5.12. The van der Waals surface area contributed by atoms with Gasteiger partial charge in [0.2, 0.25) is 0 Å². The molecule has 0 unspecified atom stereocenters. The van der Waals surface area contributed by atoms with Gasteiger partial charge in [-0.2, -0.15) is 0 Å². The normalized spacial score (nSPS) is 27.0. The molecule has 2 fully saturated rings. The van der Waals surface area contributed by atoms with Gasteiger partial charge >= 0.3 is 6.09 Å². The van der Waals surface area contributed by atoms with Gasteiger partial charge in [-0.1, -0.05) is 0 Å². The molecule has 5 nitrogen and oxygen atoms in total. The fourth-order valence-electron chi connectivity index (χ4n) is 3.56. The Labute approximate surface area is 151 Å². The summed E-state index contributed by atoms with van der Waals surface area (Å²) in [5.41, 5.74) is -0.421. The molecule has 0 aromatic carbocycles. The van der Waals surface area contributed by atoms with Crippen LogP contribution in [-0.2, 0) is 4.74 Å². The number of hydrogen-bond donors (Lipinski definition) is 1. The van der Waals surface area contributed by atoms with Crippen molar-refractivity contribution in [2.24, 2.45) is 11.8 Å². The number of nitrogens with one attached hydrogen (secondary N) is 1. The molecule has 1 aromatic rings. The fourth-order valence-corrected chi connectivity index (χ4v) is 3.88. The van der Waals surface area contributed by atoms with Crippen molar-refractivity contribution in [2.75, 3.05) is 18.4 Å². The third kappa shape index (κ3) is 4.28. The van der Waals surface area contributed by atoms with Crippen LogP contribution in [-0.4, -0.2) is 40.7 Å². The number of pyridine rings is 1. The number of carbonyl (C=O) groups excluding carboxylic acids is 1. The molecular formula is C17H24IN3O2. The largest absolute Gasteiger partial charge is 0.444 e. The summed E-state index contributed by atoms with van der Waals surface area (Å²) in [4.78, 5) is 18.5. The highest BCUT2D eigenvalue weighted by Gasteiger charge is 2.43. The molecule has 0 bridgehead atoms. The summed E-state index contributed by atoms with van der Waals surface area (Å²) in [5.74, 6) is 2.09. The van der Waals surface area contributed by atoms with Gasteiger partial charge in [0.15, 0.2) is 0 Å². The minimum atomic E-state index is -0.421. The van der Waals surface area contributed by atoms with E-state index < -0.39 is 5.60 Å². The minimum Gasteiger partial charge on any atom is -0.444 e. The number of ether oxygens (including phenoxy) is 1. The standard InChI is InChI=1S/C17H24IN3O2/c1-17(2,3)23-16(22)21-9-11-6-14(7-12(11)10-21)20-15-5-4-13(18)8-19-15/h4-5,8,11-12,14H,6-7,9-10H2,1-3H3,(H,19,20)/t11-,12+,14+.